The van der Waals surface area contributed by atoms with E-state index in [9.17, 15) is 22.8 Å². The number of hydrogen-bond donors (Lipinski definition) is 0. The van der Waals surface area contributed by atoms with Crippen molar-refractivity contribution in [2.24, 2.45) is 5.41 Å². The van der Waals surface area contributed by atoms with Crippen molar-refractivity contribution in [3.63, 3.8) is 0 Å². The van der Waals surface area contributed by atoms with E-state index in [-0.39, 0.29) is 23.6 Å². The van der Waals surface area contributed by atoms with Gasteiger partial charge in [-0.1, -0.05) is 34.6 Å². The molecule has 2 amide bonds. The summed E-state index contributed by atoms with van der Waals surface area (Å²) in [6.45, 7) is 11.1. The van der Waals surface area contributed by atoms with Gasteiger partial charge in [-0.05, 0) is 18.1 Å². The molecule has 0 radical (unpaired) electrons. The highest BCUT2D eigenvalue weighted by molar-refractivity contribution is 5.95. The molecule has 3 heterocycles. The Morgan fingerprint density at radius 1 is 0.969 bits per heavy atom. The first kappa shape index (κ1) is 23.7. The van der Waals surface area contributed by atoms with Gasteiger partial charge in [0.1, 0.15) is 0 Å². The molecule has 0 saturated carbocycles. The Hall–Kier alpha value is -2.91. The highest BCUT2D eigenvalue weighted by Gasteiger charge is 2.33. The molecule has 0 aromatic carbocycles. The predicted octanol–water partition coefficient (Wildman–Crippen LogP) is 3.74. The topological polar surface area (TPSA) is 71.3 Å². The zero-order valence-corrected chi connectivity index (χ0v) is 18.9. The molecular weight excluding hydrogens is 423 g/mol. The number of aromatic nitrogens is 3. The summed E-state index contributed by atoms with van der Waals surface area (Å²) in [5.74, 6) is -0.0750. The van der Waals surface area contributed by atoms with Gasteiger partial charge in [-0.15, -0.1) is 0 Å². The van der Waals surface area contributed by atoms with Gasteiger partial charge >= 0.3 is 6.18 Å². The summed E-state index contributed by atoms with van der Waals surface area (Å²) in [7, 11) is 0. The molecule has 174 valence electrons. The number of alkyl halides is 3. The summed E-state index contributed by atoms with van der Waals surface area (Å²) in [6.07, 6.45) is -2.29. The predicted molar refractivity (Wildman–Crippen MR) is 112 cm³/mol. The Kier molecular flexibility index (Phi) is 6.35. The van der Waals surface area contributed by atoms with Gasteiger partial charge in [0.05, 0.1) is 23.0 Å². The lowest BCUT2D eigenvalue weighted by atomic mass is 9.94. The first-order valence-corrected chi connectivity index (χ1v) is 10.5. The normalized spacial score (nSPS) is 15.4. The van der Waals surface area contributed by atoms with Gasteiger partial charge in [-0.2, -0.15) is 18.3 Å². The van der Waals surface area contributed by atoms with Gasteiger partial charge in [0, 0.05) is 37.8 Å². The van der Waals surface area contributed by atoms with Crippen LogP contribution in [0.1, 0.15) is 62.2 Å². The number of pyridine rings is 1. The van der Waals surface area contributed by atoms with Gasteiger partial charge < -0.3 is 9.80 Å². The van der Waals surface area contributed by atoms with Crippen LogP contribution in [0, 0.1) is 5.41 Å². The van der Waals surface area contributed by atoms with Gasteiger partial charge in [-0.3, -0.25) is 9.59 Å². The summed E-state index contributed by atoms with van der Waals surface area (Å²) in [4.78, 5) is 33.1. The largest absolute Gasteiger partial charge is 0.417 e. The van der Waals surface area contributed by atoms with Crippen LogP contribution in [0.4, 0.5) is 13.2 Å². The number of piperazine rings is 1. The van der Waals surface area contributed by atoms with Crippen molar-refractivity contribution in [3.05, 3.63) is 41.3 Å². The summed E-state index contributed by atoms with van der Waals surface area (Å²) in [6, 6.07) is 2.19. The zero-order valence-electron chi connectivity index (χ0n) is 18.9. The molecule has 0 spiro atoms. The lowest BCUT2D eigenvalue weighted by Gasteiger charge is -2.37. The highest BCUT2D eigenvalue weighted by Crippen LogP contribution is 2.30. The Balaban J connectivity index is 1.82. The van der Waals surface area contributed by atoms with E-state index >= 15 is 0 Å². The molecule has 0 aliphatic carbocycles. The fourth-order valence-electron chi connectivity index (χ4n) is 3.70. The highest BCUT2D eigenvalue weighted by atomic mass is 19.4. The number of rotatable bonds is 3. The molecule has 1 aliphatic rings. The van der Waals surface area contributed by atoms with Crippen LogP contribution in [0.2, 0.25) is 0 Å². The van der Waals surface area contributed by atoms with Crippen LogP contribution in [0.25, 0.3) is 5.82 Å². The zero-order chi connectivity index (χ0) is 23.8. The average molecular weight is 451 g/mol. The number of nitrogens with zero attached hydrogens (tertiary/aromatic N) is 5. The summed E-state index contributed by atoms with van der Waals surface area (Å²) in [5.41, 5.74) is -0.362. The Bertz CT molecular complexity index is 982. The van der Waals surface area contributed by atoms with Crippen molar-refractivity contribution in [3.8, 4) is 5.82 Å². The van der Waals surface area contributed by atoms with Crippen molar-refractivity contribution in [2.75, 3.05) is 26.2 Å². The van der Waals surface area contributed by atoms with E-state index in [0.717, 1.165) is 12.3 Å². The molecule has 0 bridgehead atoms. The third-order valence-electron chi connectivity index (χ3n) is 5.37. The van der Waals surface area contributed by atoms with Crippen molar-refractivity contribution >= 4 is 11.8 Å². The quantitative estimate of drug-likeness (QED) is 0.713. The molecule has 0 N–H and O–H groups in total. The van der Waals surface area contributed by atoms with Crippen LogP contribution in [-0.4, -0.2) is 62.6 Å². The average Bonchev–Trinajstić information content (AvgIpc) is 3.17. The maximum atomic E-state index is 13.2. The molecule has 1 saturated heterocycles. The smallest absolute Gasteiger partial charge is 0.339 e. The third kappa shape index (κ3) is 4.78. The minimum absolute atomic E-state index is 0.0497. The lowest BCUT2D eigenvalue weighted by Crippen LogP contribution is -2.53. The SMILES string of the molecule is CC(C)c1c(C(=O)N2CCN(C(=O)C(C)(C)C)CC2)cnn1-c1ccc(C(F)(F)F)cn1. The van der Waals surface area contributed by atoms with E-state index in [1.54, 1.807) is 9.80 Å². The van der Waals surface area contributed by atoms with Gasteiger partial charge in [0.2, 0.25) is 5.91 Å². The van der Waals surface area contributed by atoms with Crippen molar-refractivity contribution in [1.29, 1.82) is 0 Å². The second-order valence-corrected chi connectivity index (χ2v) is 9.25. The minimum atomic E-state index is -4.48. The Morgan fingerprint density at radius 3 is 2.03 bits per heavy atom. The summed E-state index contributed by atoms with van der Waals surface area (Å²) >= 11 is 0. The summed E-state index contributed by atoms with van der Waals surface area (Å²) in [5, 5.41) is 4.25. The van der Waals surface area contributed by atoms with E-state index in [2.05, 4.69) is 10.1 Å². The fourth-order valence-corrected chi connectivity index (χ4v) is 3.70. The van der Waals surface area contributed by atoms with Crippen LogP contribution in [0.15, 0.2) is 24.5 Å². The van der Waals surface area contributed by atoms with Crippen molar-refractivity contribution < 1.29 is 22.8 Å². The molecule has 3 rings (SSSR count). The van der Waals surface area contributed by atoms with E-state index in [0.29, 0.717) is 37.4 Å². The molecule has 32 heavy (non-hydrogen) atoms. The number of carbonyl (C=O) groups excluding carboxylic acids is 2. The van der Waals surface area contributed by atoms with E-state index < -0.39 is 17.2 Å². The van der Waals surface area contributed by atoms with Crippen molar-refractivity contribution in [2.45, 2.75) is 46.7 Å². The van der Waals surface area contributed by atoms with Crippen LogP contribution in [-0.2, 0) is 11.0 Å². The van der Waals surface area contributed by atoms with E-state index in [1.807, 2.05) is 34.6 Å². The Labute approximate surface area is 185 Å². The maximum Gasteiger partial charge on any atom is 0.417 e. The second-order valence-electron chi connectivity index (χ2n) is 9.25. The molecular formula is C22H28F3N5O2. The van der Waals surface area contributed by atoms with Gasteiger partial charge in [0.25, 0.3) is 5.91 Å². The second kappa shape index (κ2) is 8.55. The molecule has 7 nitrogen and oxygen atoms in total. The maximum absolute atomic E-state index is 13.2. The molecule has 2 aromatic heterocycles. The Morgan fingerprint density at radius 2 is 1.56 bits per heavy atom. The molecule has 2 aromatic rings. The van der Waals surface area contributed by atoms with E-state index in [1.165, 1.54) is 16.9 Å². The van der Waals surface area contributed by atoms with Crippen molar-refractivity contribution in [1.82, 2.24) is 24.6 Å². The number of carbonyl (C=O) groups is 2. The molecule has 10 heteroatoms. The fraction of sp³-hybridized carbons (Fsp3) is 0.545. The number of halogens is 3. The summed E-state index contributed by atoms with van der Waals surface area (Å²) < 4.78 is 40.0. The van der Waals surface area contributed by atoms with Crippen LogP contribution >= 0.6 is 0 Å². The first-order chi connectivity index (χ1) is 14.8. The minimum Gasteiger partial charge on any atom is -0.339 e. The van der Waals surface area contributed by atoms with Gasteiger partial charge in [-0.25, -0.2) is 9.67 Å². The monoisotopic (exact) mass is 451 g/mol. The standard InChI is InChI=1S/C22H28F3N5O2/c1-14(2)18-16(13-27-30(18)17-7-6-15(12-26-17)22(23,24)25)19(31)28-8-10-29(11-9-28)20(32)21(3,4)5/h6-7,12-14H,8-11H2,1-5H3. The van der Waals surface area contributed by atoms with E-state index in [4.69, 9.17) is 0 Å². The third-order valence-corrected chi connectivity index (χ3v) is 5.37. The molecule has 1 aliphatic heterocycles. The van der Waals surface area contributed by atoms with Crippen LogP contribution in [0.3, 0.4) is 0 Å². The number of amides is 2. The lowest BCUT2D eigenvalue weighted by molar-refractivity contribution is -0.141. The van der Waals surface area contributed by atoms with Crippen LogP contribution < -0.4 is 0 Å². The number of hydrogen-bond acceptors (Lipinski definition) is 4. The molecule has 1 fully saturated rings. The molecule has 0 atom stereocenters. The van der Waals surface area contributed by atoms with Gasteiger partial charge in [0.15, 0.2) is 5.82 Å². The first-order valence-electron chi connectivity index (χ1n) is 10.5. The molecule has 0 unspecified atom stereocenters. The van der Waals surface area contributed by atoms with Crippen LogP contribution in [0.5, 0.6) is 0 Å².